The van der Waals surface area contributed by atoms with Gasteiger partial charge in [-0.1, -0.05) is 70.2 Å². The van der Waals surface area contributed by atoms with Crippen LogP contribution in [0.3, 0.4) is 0 Å². The van der Waals surface area contributed by atoms with Crippen LogP contribution < -0.4 is 9.47 Å². The second-order valence-corrected chi connectivity index (χ2v) is 9.36. The van der Waals surface area contributed by atoms with Crippen molar-refractivity contribution in [1.82, 2.24) is 9.97 Å². The van der Waals surface area contributed by atoms with E-state index in [0.29, 0.717) is 23.4 Å². The SMILES string of the molecule is CC1(C)c2cccc(c2)Oc2cccc(n2)Oc2cccc(n2)C(C)(C)c2cccc1c2O. The van der Waals surface area contributed by atoms with Gasteiger partial charge < -0.3 is 14.6 Å². The first-order valence-corrected chi connectivity index (χ1v) is 11.0. The topological polar surface area (TPSA) is 64.5 Å². The predicted molar refractivity (Wildman–Crippen MR) is 127 cm³/mol. The number of aromatic hydroxyl groups is 1. The summed E-state index contributed by atoms with van der Waals surface area (Å²) < 4.78 is 12.0. The summed E-state index contributed by atoms with van der Waals surface area (Å²) in [7, 11) is 0. The standard InChI is InChI=1S/C28H26N2O3/c1-27(2)18-9-5-10-19(17-18)32-24-15-8-16-25(30-24)33-23-14-7-13-22(29-23)28(3,4)21-12-6-11-20(27)26(21)31/h5-17,31H,1-4H3. The molecule has 0 atom stereocenters. The number of rotatable bonds is 0. The van der Waals surface area contributed by atoms with Crippen molar-refractivity contribution in [2.45, 2.75) is 38.5 Å². The fourth-order valence-corrected chi connectivity index (χ4v) is 4.35. The number of pyridine rings is 2. The Hall–Kier alpha value is -3.86. The Bertz CT molecular complexity index is 1250. The van der Waals surface area contributed by atoms with Crippen LogP contribution in [0.4, 0.5) is 0 Å². The van der Waals surface area contributed by atoms with Crippen LogP contribution in [0.1, 0.15) is 50.1 Å². The van der Waals surface area contributed by atoms with Gasteiger partial charge in [0.2, 0.25) is 17.6 Å². The molecule has 33 heavy (non-hydrogen) atoms. The Morgan fingerprint density at radius 3 is 1.97 bits per heavy atom. The van der Waals surface area contributed by atoms with Gasteiger partial charge in [-0.2, -0.15) is 4.98 Å². The first kappa shape index (κ1) is 21.0. The van der Waals surface area contributed by atoms with E-state index in [4.69, 9.17) is 14.5 Å². The molecule has 1 aliphatic rings. The lowest BCUT2D eigenvalue weighted by Crippen LogP contribution is -2.24. The molecule has 0 amide bonds. The Morgan fingerprint density at radius 2 is 1.21 bits per heavy atom. The molecule has 5 rings (SSSR count). The third-order valence-corrected chi connectivity index (χ3v) is 6.43. The summed E-state index contributed by atoms with van der Waals surface area (Å²) in [5, 5.41) is 11.5. The molecule has 0 saturated carbocycles. The van der Waals surface area contributed by atoms with Gasteiger partial charge in [0.15, 0.2) is 0 Å². The number of phenols is 1. The molecule has 0 unspecified atom stereocenters. The maximum absolute atomic E-state index is 11.5. The molecule has 1 aliphatic heterocycles. The van der Waals surface area contributed by atoms with E-state index < -0.39 is 10.8 Å². The first-order valence-electron chi connectivity index (χ1n) is 11.0. The van der Waals surface area contributed by atoms with Crippen molar-refractivity contribution in [2.75, 3.05) is 0 Å². The number of benzene rings is 2. The summed E-state index contributed by atoms with van der Waals surface area (Å²) in [6.45, 7) is 8.32. The fraction of sp³-hybridized carbons (Fsp3) is 0.214. The van der Waals surface area contributed by atoms with E-state index in [9.17, 15) is 5.11 Å². The molecule has 0 spiro atoms. The van der Waals surface area contributed by atoms with Crippen LogP contribution in [-0.4, -0.2) is 15.1 Å². The summed E-state index contributed by atoms with van der Waals surface area (Å²) in [6.07, 6.45) is 0. The molecule has 8 bridgehead atoms. The Balaban J connectivity index is 1.77. The van der Waals surface area contributed by atoms with Crippen LogP contribution in [0.15, 0.2) is 78.9 Å². The van der Waals surface area contributed by atoms with Crippen LogP contribution in [0.5, 0.6) is 29.1 Å². The van der Waals surface area contributed by atoms with Crippen LogP contribution in [0, 0.1) is 0 Å². The van der Waals surface area contributed by atoms with Gasteiger partial charge in [0.25, 0.3) is 0 Å². The minimum atomic E-state index is -0.563. The zero-order chi connectivity index (χ0) is 23.2. The molecular weight excluding hydrogens is 412 g/mol. The van der Waals surface area contributed by atoms with Gasteiger partial charge in [-0.3, -0.25) is 0 Å². The molecule has 3 heterocycles. The third-order valence-electron chi connectivity index (χ3n) is 6.43. The van der Waals surface area contributed by atoms with Crippen LogP contribution >= 0.6 is 0 Å². The van der Waals surface area contributed by atoms with Gasteiger partial charge in [0, 0.05) is 40.2 Å². The Morgan fingerprint density at radius 1 is 0.636 bits per heavy atom. The van der Waals surface area contributed by atoms with Crippen molar-refractivity contribution >= 4 is 0 Å². The molecule has 1 N–H and O–H groups in total. The highest BCUT2D eigenvalue weighted by molar-refractivity contribution is 5.54. The highest BCUT2D eigenvalue weighted by Crippen LogP contribution is 2.44. The average Bonchev–Trinajstić information content (AvgIpc) is 2.79. The summed E-state index contributed by atoms with van der Waals surface area (Å²) >= 11 is 0. The summed E-state index contributed by atoms with van der Waals surface area (Å²) in [6, 6.07) is 24.8. The lowest BCUT2D eigenvalue weighted by Gasteiger charge is -2.32. The van der Waals surface area contributed by atoms with Crippen molar-refractivity contribution < 1.29 is 14.6 Å². The molecule has 0 radical (unpaired) electrons. The monoisotopic (exact) mass is 438 g/mol. The smallest absolute Gasteiger partial charge is 0.224 e. The van der Waals surface area contributed by atoms with E-state index in [2.05, 4.69) is 32.7 Å². The maximum atomic E-state index is 11.5. The van der Waals surface area contributed by atoms with Gasteiger partial charge >= 0.3 is 0 Å². The van der Waals surface area contributed by atoms with E-state index >= 15 is 0 Å². The van der Waals surface area contributed by atoms with Crippen LogP contribution in [0.2, 0.25) is 0 Å². The molecular formula is C28H26N2O3. The van der Waals surface area contributed by atoms with Gasteiger partial charge in [0.1, 0.15) is 11.5 Å². The quantitative estimate of drug-likeness (QED) is 0.330. The summed E-state index contributed by atoms with van der Waals surface area (Å²) in [4.78, 5) is 9.24. The van der Waals surface area contributed by atoms with Gasteiger partial charge in [-0.05, 0) is 23.8 Å². The Labute approximate surface area is 193 Å². The average molecular weight is 439 g/mol. The lowest BCUT2D eigenvalue weighted by atomic mass is 9.73. The van der Waals surface area contributed by atoms with Crippen molar-refractivity contribution in [3.8, 4) is 29.1 Å². The predicted octanol–water partition coefficient (Wildman–Crippen LogP) is 6.73. The number of hydrogen-bond donors (Lipinski definition) is 1. The number of para-hydroxylation sites is 1. The van der Waals surface area contributed by atoms with Crippen molar-refractivity contribution in [3.63, 3.8) is 0 Å². The van der Waals surface area contributed by atoms with Crippen LogP contribution in [0.25, 0.3) is 0 Å². The van der Waals surface area contributed by atoms with E-state index in [1.54, 1.807) is 18.2 Å². The number of nitrogens with zero attached hydrogens (tertiary/aromatic N) is 2. The maximum Gasteiger partial charge on any atom is 0.224 e. The molecule has 2 aromatic carbocycles. The van der Waals surface area contributed by atoms with E-state index in [1.807, 2.05) is 60.7 Å². The number of aromatic nitrogens is 2. The molecule has 0 saturated heterocycles. The number of fused-ring (bicyclic) bond motifs is 8. The molecule has 4 aromatic rings. The van der Waals surface area contributed by atoms with Crippen molar-refractivity contribution in [3.05, 3.63) is 101 Å². The largest absolute Gasteiger partial charge is 0.507 e. The second kappa shape index (κ2) is 7.62. The molecule has 5 heteroatoms. The number of phenolic OH excluding ortho intramolecular Hbond substituents is 1. The van der Waals surface area contributed by atoms with Crippen molar-refractivity contribution in [2.24, 2.45) is 0 Å². The molecule has 2 aromatic heterocycles. The molecule has 0 aliphatic carbocycles. The third kappa shape index (κ3) is 3.69. The summed E-state index contributed by atoms with van der Waals surface area (Å²) in [5.41, 5.74) is 2.41. The van der Waals surface area contributed by atoms with Gasteiger partial charge in [-0.15, -0.1) is 0 Å². The van der Waals surface area contributed by atoms with E-state index in [1.165, 1.54) is 0 Å². The highest BCUT2D eigenvalue weighted by atomic mass is 16.5. The minimum Gasteiger partial charge on any atom is -0.507 e. The van der Waals surface area contributed by atoms with E-state index in [-0.39, 0.29) is 5.75 Å². The normalized spacial score (nSPS) is 15.8. The Kier molecular flexibility index (Phi) is 4.85. The first-order chi connectivity index (χ1) is 15.7. The molecule has 5 nitrogen and oxygen atoms in total. The fourth-order valence-electron chi connectivity index (χ4n) is 4.35. The molecule has 0 fully saturated rings. The van der Waals surface area contributed by atoms with E-state index in [0.717, 1.165) is 22.4 Å². The zero-order valence-corrected chi connectivity index (χ0v) is 19.2. The van der Waals surface area contributed by atoms with Crippen molar-refractivity contribution in [1.29, 1.82) is 0 Å². The molecule has 166 valence electrons. The van der Waals surface area contributed by atoms with Crippen LogP contribution in [-0.2, 0) is 10.8 Å². The zero-order valence-electron chi connectivity index (χ0n) is 19.2. The highest BCUT2D eigenvalue weighted by Gasteiger charge is 2.33. The number of hydrogen-bond acceptors (Lipinski definition) is 5. The second-order valence-electron chi connectivity index (χ2n) is 9.36. The van der Waals surface area contributed by atoms with Gasteiger partial charge in [-0.25, -0.2) is 4.98 Å². The minimum absolute atomic E-state index is 0.269. The summed E-state index contributed by atoms with van der Waals surface area (Å²) in [5.74, 6) is 2.17. The lowest BCUT2D eigenvalue weighted by molar-refractivity contribution is 0.408. The number of ether oxygens (including phenoxy) is 2. The van der Waals surface area contributed by atoms with Gasteiger partial charge in [0.05, 0.1) is 5.69 Å².